The average Bonchev–Trinajstić information content (AvgIpc) is 2.98. The lowest BCUT2D eigenvalue weighted by Gasteiger charge is -2.24. The maximum atomic E-state index is 14.0. The Balaban J connectivity index is 2.08. The maximum absolute atomic E-state index is 14.0. The molecule has 1 fully saturated rings. The monoisotopic (exact) mass is 290 g/mol. The molecule has 2 aromatic rings. The molecule has 3 heterocycles. The SMILES string of the molecule is C#C[C@]1(CO)O[C@@H](n2cc(F)c3c(N)ncnc32)C[C@@H]1C. The zero-order chi connectivity index (χ0) is 15.2. The molecule has 0 bridgehead atoms. The highest BCUT2D eigenvalue weighted by molar-refractivity contribution is 5.86. The van der Waals surface area contributed by atoms with E-state index >= 15 is 0 Å². The van der Waals surface area contributed by atoms with Gasteiger partial charge in [0.2, 0.25) is 0 Å². The standard InChI is InChI=1S/C14H15FN4O2/c1-3-14(6-20)8(2)4-10(21-14)19-5-9(15)11-12(16)17-7-18-13(11)19/h1,5,7-8,10,20H,4,6H2,2H3,(H2,16,17,18)/t8-,10+,14+/m0/s1. The minimum atomic E-state index is -1.06. The lowest BCUT2D eigenvalue weighted by Crippen LogP contribution is -2.36. The largest absolute Gasteiger partial charge is 0.392 e. The van der Waals surface area contributed by atoms with Crippen molar-refractivity contribution < 1.29 is 14.2 Å². The van der Waals surface area contributed by atoms with Crippen LogP contribution in [0.25, 0.3) is 11.0 Å². The summed E-state index contributed by atoms with van der Waals surface area (Å²) in [7, 11) is 0. The minimum absolute atomic E-state index is 0.0720. The zero-order valence-electron chi connectivity index (χ0n) is 11.5. The molecule has 3 atom stereocenters. The molecule has 0 amide bonds. The van der Waals surface area contributed by atoms with Crippen molar-refractivity contribution in [1.82, 2.24) is 14.5 Å². The number of rotatable bonds is 2. The van der Waals surface area contributed by atoms with E-state index in [1.165, 1.54) is 12.5 Å². The van der Waals surface area contributed by atoms with Crippen LogP contribution in [0.15, 0.2) is 12.5 Å². The normalized spacial score (nSPS) is 28.9. The van der Waals surface area contributed by atoms with Crippen LogP contribution in [-0.2, 0) is 4.74 Å². The third kappa shape index (κ3) is 1.87. The van der Waals surface area contributed by atoms with Crippen molar-refractivity contribution >= 4 is 16.9 Å². The Bertz CT molecular complexity index is 738. The number of aromatic nitrogens is 3. The van der Waals surface area contributed by atoms with E-state index in [9.17, 15) is 9.50 Å². The van der Waals surface area contributed by atoms with Crippen LogP contribution in [0.4, 0.5) is 10.2 Å². The Morgan fingerprint density at radius 1 is 1.67 bits per heavy atom. The van der Waals surface area contributed by atoms with Gasteiger partial charge < -0.3 is 20.1 Å². The molecule has 21 heavy (non-hydrogen) atoms. The molecule has 3 rings (SSSR count). The summed E-state index contributed by atoms with van der Waals surface area (Å²) >= 11 is 0. The van der Waals surface area contributed by atoms with Gasteiger partial charge in [0.25, 0.3) is 0 Å². The highest BCUT2D eigenvalue weighted by atomic mass is 19.1. The second kappa shape index (κ2) is 4.69. The van der Waals surface area contributed by atoms with Crippen LogP contribution in [0.3, 0.4) is 0 Å². The van der Waals surface area contributed by atoms with Crippen LogP contribution >= 0.6 is 0 Å². The van der Waals surface area contributed by atoms with E-state index in [-0.39, 0.29) is 23.7 Å². The van der Waals surface area contributed by atoms with Crippen molar-refractivity contribution in [2.45, 2.75) is 25.2 Å². The molecule has 110 valence electrons. The van der Waals surface area contributed by atoms with Crippen LogP contribution in [0.5, 0.6) is 0 Å². The number of nitrogens with two attached hydrogens (primary N) is 1. The van der Waals surface area contributed by atoms with Gasteiger partial charge in [-0.2, -0.15) is 0 Å². The number of aliphatic hydroxyl groups excluding tert-OH is 1. The molecule has 0 saturated carbocycles. The second-order valence-electron chi connectivity index (χ2n) is 5.24. The number of anilines is 1. The molecular formula is C14H15FN4O2. The molecule has 0 aliphatic carbocycles. The van der Waals surface area contributed by atoms with E-state index in [1.54, 1.807) is 4.57 Å². The van der Waals surface area contributed by atoms with Gasteiger partial charge in [-0.3, -0.25) is 0 Å². The van der Waals surface area contributed by atoms with E-state index in [1.807, 2.05) is 6.92 Å². The maximum Gasteiger partial charge on any atom is 0.156 e. The lowest BCUT2D eigenvalue weighted by molar-refractivity contribution is -0.0716. The Kier molecular flexibility index (Phi) is 3.08. The van der Waals surface area contributed by atoms with Gasteiger partial charge in [-0.1, -0.05) is 12.8 Å². The Hall–Kier alpha value is -2.17. The van der Waals surface area contributed by atoms with Crippen LogP contribution in [0.2, 0.25) is 0 Å². The van der Waals surface area contributed by atoms with Gasteiger partial charge in [0, 0.05) is 12.1 Å². The van der Waals surface area contributed by atoms with Crippen LogP contribution in [0.1, 0.15) is 19.6 Å². The molecule has 6 nitrogen and oxygen atoms in total. The number of ether oxygens (including phenoxy) is 1. The first-order valence-electron chi connectivity index (χ1n) is 6.55. The zero-order valence-corrected chi connectivity index (χ0v) is 11.5. The summed E-state index contributed by atoms with van der Waals surface area (Å²) in [5.41, 5.74) is 4.98. The Labute approximate surface area is 120 Å². The topological polar surface area (TPSA) is 86.2 Å². The third-order valence-electron chi connectivity index (χ3n) is 4.08. The molecule has 1 saturated heterocycles. The summed E-state index contributed by atoms with van der Waals surface area (Å²) in [5.74, 6) is 2.00. The van der Waals surface area contributed by atoms with E-state index < -0.39 is 17.6 Å². The van der Waals surface area contributed by atoms with Gasteiger partial charge in [0.05, 0.1) is 12.0 Å². The number of halogens is 1. The number of aliphatic hydroxyl groups is 1. The van der Waals surface area contributed by atoms with E-state index in [0.717, 1.165) is 0 Å². The molecule has 1 aliphatic heterocycles. The Morgan fingerprint density at radius 3 is 3.05 bits per heavy atom. The third-order valence-corrected chi connectivity index (χ3v) is 4.08. The van der Waals surface area contributed by atoms with Gasteiger partial charge in [-0.25, -0.2) is 14.4 Å². The van der Waals surface area contributed by atoms with Crippen LogP contribution in [0, 0.1) is 24.1 Å². The summed E-state index contributed by atoms with van der Waals surface area (Å²) in [6.45, 7) is 1.60. The van der Waals surface area contributed by atoms with Crippen molar-refractivity contribution in [1.29, 1.82) is 0 Å². The van der Waals surface area contributed by atoms with Crippen molar-refractivity contribution in [3.05, 3.63) is 18.3 Å². The van der Waals surface area contributed by atoms with Gasteiger partial charge in [0.15, 0.2) is 17.1 Å². The quantitative estimate of drug-likeness (QED) is 0.808. The van der Waals surface area contributed by atoms with E-state index in [4.69, 9.17) is 16.9 Å². The molecule has 0 unspecified atom stereocenters. The average molecular weight is 290 g/mol. The van der Waals surface area contributed by atoms with Gasteiger partial charge >= 0.3 is 0 Å². The molecule has 7 heteroatoms. The first kappa shape index (κ1) is 13.8. The fourth-order valence-electron chi connectivity index (χ4n) is 2.77. The fraction of sp³-hybridized carbons (Fsp3) is 0.429. The molecule has 2 aromatic heterocycles. The number of hydrogen-bond donors (Lipinski definition) is 2. The fourth-order valence-corrected chi connectivity index (χ4v) is 2.77. The number of hydrogen-bond acceptors (Lipinski definition) is 5. The molecule has 3 N–H and O–H groups in total. The van der Waals surface area contributed by atoms with Crippen molar-refractivity contribution in [3.8, 4) is 12.3 Å². The number of fused-ring (bicyclic) bond motifs is 1. The second-order valence-corrected chi connectivity index (χ2v) is 5.24. The van der Waals surface area contributed by atoms with Gasteiger partial charge in [-0.15, -0.1) is 6.42 Å². The first-order valence-corrected chi connectivity index (χ1v) is 6.55. The van der Waals surface area contributed by atoms with E-state index in [2.05, 4.69) is 15.9 Å². The first-order chi connectivity index (χ1) is 10.0. The summed E-state index contributed by atoms with van der Waals surface area (Å²) in [4.78, 5) is 7.85. The van der Waals surface area contributed by atoms with Crippen molar-refractivity contribution in [3.63, 3.8) is 0 Å². The predicted octanol–water partition coefficient (Wildman–Crippen LogP) is 1.07. The van der Waals surface area contributed by atoms with Crippen LogP contribution in [-0.4, -0.2) is 31.8 Å². The molecule has 1 aliphatic rings. The van der Waals surface area contributed by atoms with Crippen LogP contribution < -0.4 is 5.73 Å². The highest BCUT2D eigenvalue weighted by Gasteiger charge is 2.46. The summed E-state index contributed by atoms with van der Waals surface area (Å²) in [5, 5.41) is 9.68. The van der Waals surface area contributed by atoms with E-state index in [0.29, 0.717) is 12.1 Å². The minimum Gasteiger partial charge on any atom is -0.392 e. The highest BCUT2D eigenvalue weighted by Crippen LogP contribution is 2.42. The summed E-state index contributed by atoms with van der Waals surface area (Å²) in [6, 6.07) is 0. The molecule has 0 spiro atoms. The molecule has 0 aromatic carbocycles. The summed E-state index contributed by atoms with van der Waals surface area (Å²) in [6.07, 6.45) is 8.06. The Morgan fingerprint density at radius 2 is 2.43 bits per heavy atom. The number of nitrogen functional groups attached to an aromatic ring is 1. The molecule has 0 radical (unpaired) electrons. The van der Waals surface area contributed by atoms with Crippen molar-refractivity contribution in [2.24, 2.45) is 5.92 Å². The summed E-state index contributed by atoms with van der Waals surface area (Å²) < 4.78 is 21.4. The molecular weight excluding hydrogens is 275 g/mol. The van der Waals surface area contributed by atoms with Crippen molar-refractivity contribution in [2.75, 3.05) is 12.3 Å². The van der Waals surface area contributed by atoms with Gasteiger partial charge in [0.1, 0.15) is 18.4 Å². The lowest BCUT2D eigenvalue weighted by atomic mass is 9.90. The predicted molar refractivity (Wildman–Crippen MR) is 74.5 cm³/mol. The number of nitrogens with zero attached hydrogens (tertiary/aromatic N) is 3. The smallest absolute Gasteiger partial charge is 0.156 e. The van der Waals surface area contributed by atoms with Gasteiger partial charge in [-0.05, 0) is 6.42 Å². The number of terminal acetylenes is 1.